The predicted molar refractivity (Wildman–Crippen MR) is 81.4 cm³/mol. The lowest BCUT2D eigenvalue weighted by molar-refractivity contribution is 0.467. The van der Waals surface area contributed by atoms with Crippen LogP contribution in [-0.4, -0.2) is 36.8 Å². The number of pyridine rings is 1. The van der Waals surface area contributed by atoms with Gasteiger partial charge >= 0.3 is 0 Å². The van der Waals surface area contributed by atoms with Crippen molar-refractivity contribution in [1.82, 2.24) is 9.29 Å². The molecule has 0 amide bonds. The number of hydrogen-bond donors (Lipinski definition) is 1. The molecule has 1 fully saturated rings. The Kier molecular flexibility index (Phi) is 4.08. The lowest BCUT2D eigenvalue weighted by atomic mass is 10.2. The van der Waals surface area contributed by atoms with Gasteiger partial charge in [-0.2, -0.15) is 4.31 Å². The minimum Gasteiger partial charge on any atom is -0.380 e. The quantitative estimate of drug-likeness (QED) is 0.937. The summed E-state index contributed by atoms with van der Waals surface area (Å²) < 4.78 is 40.1. The highest BCUT2D eigenvalue weighted by atomic mass is 32.2. The molecular formula is C15H16FN3O2S. The summed E-state index contributed by atoms with van der Waals surface area (Å²) in [5.74, 6) is -0.717. The fourth-order valence-corrected chi connectivity index (χ4v) is 4.11. The number of nitrogens with zero attached hydrogens (tertiary/aromatic N) is 2. The second kappa shape index (κ2) is 6.02. The maximum atomic E-state index is 13.8. The molecule has 1 aromatic carbocycles. The van der Waals surface area contributed by atoms with E-state index in [1.807, 2.05) is 12.1 Å². The molecule has 7 heteroatoms. The van der Waals surface area contributed by atoms with E-state index in [1.54, 1.807) is 12.4 Å². The van der Waals surface area contributed by atoms with Crippen molar-refractivity contribution in [2.45, 2.75) is 17.4 Å². The van der Waals surface area contributed by atoms with E-state index in [0.29, 0.717) is 19.5 Å². The van der Waals surface area contributed by atoms with Crippen molar-refractivity contribution < 1.29 is 12.8 Å². The molecule has 116 valence electrons. The Morgan fingerprint density at radius 2 is 2.05 bits per heavy atom. The first kappa shape index (κ1) is 14.9. The lowest BCUT2D eigenvalue weighted by Crippen LogP contribution is -2.32. The molecule has 0 spiro atoms. The number of aromatic nitrogens is 1. The van der Waals surface area contributed by atoms with E-state index in [4.69, 9.17) is 0 Å². The van der Waals surface area contributed by atoms with E-state index in [2.05, 4.69) is 10.3 Å². The van der Waals surface area contributed by atoms with Gasteiger partial charge in [0.05, 0.1) is 5.69 Å². The number of anilines is 1. The van der Waals surface area contributed by atoms with E-state index >= 15 is 0 Å². The summed E-state index contributed by atoms with van der Waals surface area (Å²) in [5, 5.41) is 3.25. The minimum absolute atomic E-state index is 0.00857. The molecule has 1 aromatic heterocycles. The summed E-state index contributed by atoms with van der Waals surface area (Å²) in [4.78, 5) is 3.74. The highest BCUT2D eigenvalue weighted by Crippen LogP contribution is 2.24. The SMILES string of the molecule is O=S(=O)(c1ccccc1F)N1CC[C@H](Nc2cccnc2)C1. The van der Waals surface area contributed by atoms with Gasteiger partial charge in [-0.3, -0.25) is 4.98 Å². The molecule has 1 N–H and O–H groups in total. The van der Waals surface area contributed by atoms with Crippen LogP contribution < -0.4 is 5.32 Å². The topological polar surface area (TPSA) is 62.3 Å². The fourth-order valence-electron chi connectivity index (χ4n) is 2.54. The van der Waals surface area contributed by atoms with E-state index < -0.39 is 15.8 Å². The van der Waals surface area contributed by atoms with Crippen LogP contribution in [0.15, 0.2) is 53.7 Å². The first-order valence-corrected chi connectivity index (χ1v) is 8.42. The van der Waals surface area contributed by atoms with Crippen molar-refractivity contribution in [3.8, 4) is 0 Å². The predicted octanol–water partition coefficient (Wildman–Crippen LogP) is 2.10. The number of benzene rings is 1. The van der Waals surface area contributed by atoms with Crippen LogP contribution in [0.4, 0.5) is 10.1 Å². The standard InChI is InChI=1S/C15H16FN3O2S/c16-14-5-1-2-6-15(14)22(20,21)19-9-7-13(11-19)18-12-4-3-8-17-10-12/h1-6,8,10,13,18H,7,9,11H2/t13-/m0/s1. The van der Waals surface area contributed by atoms with Crippen molar-refractivity contribution in [3.63, 3.8) is 0 Å². The normalized spacial score (nSPS) is 19.2. The van der Waals surface area contributed by atoms with Crippen LogP contribution in [-0.2, 0) is 10.0 Å². The summed E-state index contributed by atoms with van der Waals surface area (Å²) in [5.41, 5.74) is 0.845. The molecule has 1 aliphatic rings. The van der Waals surface area contributed by atoms with Crippen LogP contribution in [0.5, 0.6) is 0 Å². The molecule has 3 rings (SSSR count). The van der Waals surface area contributed by atoms with E-state index in [0.717, 1.165) is 11.8 Å². The third-order valence-corrected chi connectivity index (χ3v) is 5.54. The van der Waals surface area contributed by atoms with Crippen molar-refractivity contribution in [1.29, 1.82) is 0 Å². The summed E-state index contributed by atoms with van der Waals surface area (Å²) >= 11 is 0. The van der Waals surface area contributed by atoms with Crippen LogP contribution in [0.2, 0.25) is 0 Å². The summed E-state index contributed by atoms with van der Waals surface area (Å²) in [7, 11) is -3.79. The molecule has 0 radical (unpaired) electrons. The number of nitrogens with one attached hydrogen (secondary N) is 1. The van der Waals surface area contributed by atoms with E-state index in [9.17, 15) is 12.8 Å². The van der Waals surface area contributed by atoms with Gasteiger partial charge in [-0.25, -0.2) is 12.8 Å². The third-order valence-electron chi connectivity index (χ3n) is 3.64. The van der Waals surface area contributed by atoms with Crippen LogP contribution in [0, 0.1) is 5.82 Å². The van der Waals surface area contributed by atoms with Gasteiger partial charge in [0.1, 0.15) is 10.7 Å². The largest absolute Gasteiger partial charge is 0.380 e. The zero-order valence-corrected chi connectivity index (χ0v) is 12.6. The number of rotatable bonds is 4. The van der Waals surface area contributed by atoms with Gasteiger partial charge in [0, 0.05) is 31.5 Å². The maximum absolute atomic E-state index is 13.8. The molecule has 1 aliphatic heterocycles. The molecule has 1 atom stereocenters. The molecule has 22 heavy (non-hydrogen) atoms. The average molecular weight is 321 g/mol. The van der Waals surface area contributed by atoms with Crippen molar-refractivity contribution in [2.75, 3.05) is 18.4 Å². The van der Waals surface area contributed by atoms with Gasteiger partial charge in [-0.15, -0.1) is 0 Å². The van der Waals surface area contributed by atoms with Crippen LogP contribution in [0.3, 0.4) is 0 Å². The smallest absolute Gasteiger partial charge is 0.246 e. The van der Waals surface area contributed by atoms with Crippen LogP contribution in [0.1, 0.15) is 6.42 Å². The zero-order chi connectivity index (χ0) is 15.6. The van der Waals surface area contributed by atoms with Crippen molar-refractivity contribution in [2.24, 2.45) is 0 Å². The lowest BCUT2D eigenvalue weighted by Gasteiger charge is -2.18. The van der Waals surface area contributed by atoms with Crippen molar-refractivity contribution >= 4 is 15.7 Å². The summed E-state index contributed by atoms with van der Waals surface area (Å²) in [6.45, 7) is 0.681. The summed E-state index contributed by atoms with van der Waals surface area (Å²) in [6.07, 6.45) is 4.03. The Bertz CT molecular complexity index is 752. The molecule has 0 aliphatic carbocycles. The maximum Gasteiger partial charge on any atom is 0.246 e. The van der Waals surface area contributed by atoms with Crippen LogP contribution in [0.25, 0.3) is 0 Å². The summed E-state index contributed by atoms with van der Waals surface area (Å²) in [6, 6.07) is 9.14. The Morgan fingerprint density at radius 3 is 2.77 bits per heavy atom. The molecule has 0 saturated carbocycles. The fraction of sp³-hybridized carbons (Fsp3) is 0.267. The molecular weight excluding hydrogens is 305 g/mol. The minimum atomic E-state index is -3.79. The van der Waals surface area contributed by atoms with E-state index in [-0.39, 0.29) is 10.9 Å². The first-order valence-electron chi connectivity index (χ1n) is 6.98. The first-order chi connectivity index (χ1) is 10.6. The zero-order valence-electron chi connectivity index (χ0n) is 11.8. The molecule has 1 saturated heterocycles. The van der Waals surface area contributed by atoms with Crippen molar-refractivity contribution in [3.05, 3.63) is 54.6 Å². The van der Waals surface area contributed by atoms with Gasteiger partial charge in [-0.05, 0) is 30.7 Å². The van der Waals surface area contributed by atoms with Gasteiger partial charge in [-0.1, -0.05) is 12.1 Å². The molecule has 2 heterocycles. The Morgan fingerprint density at radius 1 is 1.23 bits per heavy atom. The molecule has 0 bridgehead atoms. The third kappa shape index (κ3) is 2.95. The average Bonchev–Trinajstić information content (AvgIpc) is 2.98. The Labute approximate surface area is 128 Å². The highest BCUT2D eigenvalue weighted by molar-refractivity contribution is 7.89. The Hall–Kier alpha value is -1.99. The van der Waals surface area contributed by atoms with Gasteiger partial charge in [0.25, 0.3) is 0 Å². The second-order valence-electron chi connectivity index (χ2n) is 5.17. The highest BCUT2D eigenvalue weighted by Gasteiger charge is 2.33. The van der Waals surface area contributed by atoms with Gasteiger partial charge in [0.2, 0.25) is 10.0 Å². The number of sulfonamides is 1. The number of hydrogen-bond acceptors (Lipinski definition) is 4. The molecule has 2 aromatic rings. The van der Waals surface area contributed by atoms with Crippen LogP contribution >= 0.6 is 0 Å². The van der Waals surface area contributed by atoms with Gasteiger partial charge in [0.15, 0.2) is 0 Å². The molecule has 5 nitrogen and oxygen atoms in total. The Balaban J connectivity index is 1.74. The van der Waals surface area contributed by atoms with Gasteiger partial charge < -0.3 is 5.32 Å². The second-order valence-corrected chi connectivity index (χ2v) is 7.07. The van der Waals surface area contributed by atoms with E-state index in [1.165, 1.54) is 22.5 Å². The number of halogens is 1. The molecule has 0 unspecified atom stereocenters. The monoisotopic (exact) mass is 321 g/mol.